The number of ether oxygens (including phenoxy) is 1. The van der Waals surface area contributed by atoms with Crippen molar-refractivity contribution in [3.8, 4) is 0 Å². The van der Waals surface area contributed by atoms with Crippen LogP contribution >= 0.6 is 23.6 Å². The topological polar surface area (TPSA) is 50.4 Å². The molecule has 0 spiro atoms. The first-order valence-corrected chi connectivity index (χ1v) is 6.59. The lowest BCUT2D eigenvalue weighted by Crippen LogP contribution is -2.30. The molecule has 0 unspecified atom stereocenters. The third kappa shape index (κ3) is 3.17. The van der Waals surface area contributed by atoms with Crippen molar-refractivity contribution in [2.75, 3.05) is 12.4 Å². The van der Waals surface area contributed by atoms with Gasteiger partial charge in [0.2, 0.25) is 0 Å². The van der Waals surface area contributed by atoms with Crippen LogP contribution in [0.4, 0.5) is 5.00 Å². The molecule has 4 nitrogen and oxygen atoms in total. The van der Waals surface area contributed by atoms with E-state index in [0.717, 1.165) is 22.7 Å². The van der Waals surface area contributed by atoms with E-state index in [0.29, 0.717) is 16.7 Å². The number of rotatable bonds is 3. The summed E-state index contributed by atoms with van der Waals surface area (Å²) in [5.41, 5.74) is 0.537. The average Bonchev–Trinajstić information content (AvgIpc) is 3.00. The normalized spacial score (nSPS) is 14.2. The highest BCUT2D eigenvalue weighted by Crippen LogP contribution is 2.28. The molecule has 0 saturated heterocycles. The van der Waals surface area contributed by atoms with Crippen molar-refractivity contribution in [1.82, 2.24) is 5.32 Å². The fourth-order valence-electron chi connectivity index (χ4n) is 1.42. The number of carbonyl (C=O) groups excluding carboxylic acids is 1. The Morgan fingerprint density at radius 3 is 2.88 bits per heavy atom. The van der Waals surface area contributed by atoms with Gasteiger partial charge in [0.1, 0.15) is 5.00 Å². The molecule has 1 fully saturated rings. The Bertz CT molecular complexity index is 452. The van der Waals surface area contributed by atoms with Crippen molar-refractivity contribution in [3.63, 3.8) is 0 Å². The predicted octanol–water partition coefficient (Wildman–Crippen LogP) is 2.29. The number of thiocarbonyl (C=S) groups is 1. The van der Waals surface area contributed by atoms with Crippen LogP contribution in [0.5, 0.6) is 0 Å². The quantitative estimate of drug-likeness (QED) is 0.652. The predicted molar refractivity (Wildman–Crippen MR) is 72.8 cm³/mol. The Hall–Kier alpha value is -1.14. The summed E-state index contributed by atoms with van der Waals surface area (Å²) in [4.78, 5) is 12.6. The van der Waals surface area contributed by atoms with Crippen LogP contribution in [0.3, 0.4) is 0 Å². The second-order valence-corrected chi connectivity index (χ2v) is 5.63. The van der Waals surface area contributed by atoms with Gasteiger partial charge in [-0.15, -0.1) is 11.3 Å². The van der Waals surface area contributed by atoms with Gasteiger partial charge in [0.15, 0.2) is 5.11 Å². The Kier molecular flexibility index (Phi) is 3.63. The second kappa shape index (κ2) is 5.01. The fraction of sp³-hybridized carbons (Fsp3) is 0.455. The number of anilines is 1. The SMILES string of the molecule is COC(=O)c1cc(C)sc1NC(=S)NC1CC1. The standard InChI is InChI=1S/C11H14N2O2S2/c1-6-5-8(10(14)15-2)9(17-6)13-11(16)12-7-3-4-7/h5,7H,3-4H2,1-2H3,(H2,12,13,16). The maximum absolute atomic E-state index is 11.5. The Morgan fingerprint density at radius 2 is 2.29 bits per heavy atom. The van der Waals surface area contributed by atoms with E-state index in [9.17, 15) is 4.79 Å². The summed E-state index contributed by atoms with van der Waals surface area (Å²) in [5.74, 6) is -0.342. The molecule has 1 aromatic heterocycles. The molecule has 1 aliphatic rings. The highest BCUT2D eigenvalue weighted by molar-refractivity contribution is 7.80. The Morgan fingerprint density at radius 1 is 1.59 bits per heavy atom. The zero-order valence-corrected chi connectivity index (χ0v) is 11.3. The minimum atomic E-state index is -0.342. The third-order valence-corrected chi connectivity index (χ3v) is 3.59. The van der Waals surface area contributed by atoms with Crippen LogP contribution in [0.25, 0.3) is 0 Å². The van der Waals surface area contributed by atoms with Gasteiger partial charge in [-0.1, -0.05) is 0 Å². The minimum Gasteiger partial charge on any atom is -0.465 e. The zero-order chi connectivity index (χ0) is 12.4. The van der Waals surface area contributed by atoms with Crippen LogP contribution in [0.1, 0.15) is 28.1 Å². The number of hydrogen-bond acceptors (Lipinski definition) is 4. The van der Waals surface area contributed by atoms with E-state index < -0.39 is 0 Å². The molecule has 2 N–H and O–H groups in total. The molecule has 1 heterocycles. The first kappa shape index (κ1) is 12.3. The van der Waals surface area contributed by atoms with Crippen molar-refractivity contribution >= 4 is 39.6 Å². The smallest absolute Gasteiger partial charge is 0.340 e. The van der Waals surface area contributed by atoms with Gasteiger partial charge in [0, 0.05) is 10.9 Å². The van der Waals surface area contributed by atoms with Crippen LogP contribution in [0, 0.1) is 6.92 Å². The van der Waals surface area contributed by atoms with Crippen molar-refractivity contribution in [2.45, 2.75) is 25.8 Å². The number of thiophene rings is 1. The molecule has 0 amide bonds. The van der Waals surface area contributed by atoms with Crippen molar-refractivity contribution < 1.29 is 9.53 Å². The molecule has 6 heteroatoms. The van der Waals surface area contributed by atoms with Gasteiger partial charge in [0.25, 0.3) is 0 Å². The highest BCUT2D eigenvalue weighted by Gasteiger charge is 2.23. The fourth-order valence-corrected chi connectivity index (χ4v) is 2.66. The monoisotopic (exact) mass is 270 g/mol. The number of aryl methyl sites for hydroxylation is 1. The van der Waals surface area contributed by atoms with Crippen LogP contribution in [0.2, 0.25) is 0 Å². The molecule has 1 saturated carbocycles. The Labute approximate surface area is 109 Å². The van der Waals surface area contributed by atoms with Crippen molar-refractivity contribution in [1.29, 1.82) is 0 Å². The summed E-state index contributed by atoms with van der Waals surface area (Å²) in [6, 6.07) is 2.30. The number of carbonyl (C=O) groups is 1. The largest absolute Gasteiger partial charge is 0.465 e. The van der Waals surface area contributed by atoms with E-state index >= 15 is 0 Å². The number of methoxy groups -OCH3 is 1. The third-order valence-electron chi connectivity index (χ3n) is 2.40. The van der Waals surface area contributed by atoms with Crippen LogP contribution in [0.15, 0.2) is 6.07 Å². The van der Waals surface area contributed by atoms with E-state index in [4.69, 9.17) is 17.0 Å². The van der Waals surface area contributed by atoms with Crippen LogP contribution in [-0.4, -0.2) is 24.2 Å². The molecule has 17 heavy (non-hydrogen) atoms. The molecule has 2 rings (SSSR count). The number of esters is 1. The summed E-state index contributed by atoms with van der Waals surface area (Å²) in [5, 5.41) is 7.54. The molecule has 1 aromatic rings. The molecular formula is C11H14N2O2S2. The van der Waals surface area contributed by atoms with Gasteiger partial charge < -0.3 is 15.4 Å². The first-order valence-electron chi connectivity index (χ1n) is 5.36. The molecule has 92 valence electrons. The first-order chi connectivity index (χ1) is 8.10. The van der Waals surface area contributed by atoms with Gasteiger partial charge in [-0.2, -0.15) is 0 Å². The second-order valence-electron chi connectivity index (χ2n) is 3.96. The summed E-state index contributed by atoms with van der Waals surface area (Å²) >= 11 is 6.67. The molecule has 0 aliphatic heterocycles. The van der Waals surface area contributed by atoms with E-state index in [1.54, 1.807) is 6.07 Å². The highest BCUT2D eigenvalue weighted by atomic mass is 32.1. The molecule has 1 aliphatic carbocycles. The molecule has 0 atom stereocenters. The van der Waals surface area contributed by atoms with E-state index in [2.05, 4.69) is 10.6 Å². The van der Waals surface area contributed by atoms with Crippen LogP contribution < -0.4 is 10.6 Å². The summed E-state index contributed by atoms with van der Waals surface area (Å²) in [6.07, 6.45) is 2.32. The summed E-state index contributed by atoms with van der Waals surface area (Å²) < 4.78 is 4.73. The molecular weight excluding hydrogens is 256 g/mol. The van der Waals surface area contributed by atoms with Crippen molar-refractivity contribution in [3.05, 3.63) is 16.5 Å². The average molecular weight is 270 g/mol. The lowest BCUT2D eigenvalue weighted by Gasteiger charge is -2.09. The lowest BCUT2D eigenvalue weighted by molar-refractivity contribution is 0.0602. The maximum Gasteiger partial charge on any atom is 0.340 e. The molecule has 0 bridgehead atoms. The summed E-state index contributed by atoms with van der Waals surface area (Å²) in [7, 11) is 1.37. The minimum absolute atomic E-state index is 0.342. The van der Waals surface area contributed by atoms with E-state index in [1.165, 1.54) is 18.4 Å². The van der Waals surface area contributed by atoms with E-state index in [-0.39, 0.29) is 5.97 Å². The summed E-state index contributed by atoms with van der Waals surface area (Å²) in [6.45, 7) is 1.94. The van der Waals surface area contributed by atoms with Crippen LogP contribution in [-0.2, 0) is 4.74 Å². The molecule has 0 radical (unpaired) electrons. The number of nitrogens with one attached hydrogen (secondary N) is 2. The molecule has 0 aromatic carbocycles. The lowest BCUT2D eigenvalue weighted by atomic mass is 10.3. The zero-order valence-electron chi connectivity index (χ0n) is 9.70. The maximum atomic E-state index is 11.5. The van der Waals surface area contributed by atoms with E-state index in [1.807, 2.05) is 6.92 Å². The number of hydrogen-bond donors (Lipinski definition) is 2. The van der Waals surface area contributed by atoms with Gasteiger partial charge in [0.05, 0.1) is 12.7 Å². The van der Waals surface area contributed by atoms with Gasteiger partial charge >= 0.3 is 5.97 Å². The van der Waals surface area contributed by atoms with Gasteiger partial charge in [-0.25, -0.2) is 4.79 Å². The van der Waals surface area contributed by atoms with Gasteiger partial charge in [-0.3, -0.25) is 0 Å². The Balaban J connectivity index is 2.07. The van der Waals surface area contributed by atoms with Gasteiger partial charge in [-0.05, 0) is 38.0 Å². The van der Waals surface area contributed by atoms with Crippen molar-refractivity contribution in [2.24, 2.45) is 0 Å².